The van der Waals surface area contributed by atoms with Crippen molar-refractivity contribution in [2.45, 2.75) is 90.2 Å². The molecular formula is C29H37BrN6O4. The molecule has 40 heavy (non-hydrogen) atoms. The number of halogens is 1. The van der Waals surface area contributed by atoms with Crippen LogP contribution in [0.1, 0.15) is 88.8 Å². The Kier molecular flexibility index (Phi) is 8.42. The zero-order valence-electron chi connectivity index (χ0n) is 23.6. The first-order chi connectivity index (χ1) is 19.1. The van der Waals surface area contributed by atoms with Crippen molar-refractivity contribution < 1.29 is 14.4 Å². The second-order valence-electron chi connectivity index (χ2n) is 11.7. The standard InChI is InChI=1S/C29H37BrN6O4/c1-18-22-17-32-27(34-25(22)36(26(37)24(18)30)21-9-5-6-10-21)33-23-12-11-20(16-31-23)19-8-7-14-35(15-13-19)40-28(38)39-29(2,3)4/h11-12,16-17,19,21H,5-10,13-15H2,1-4H3,(H,31,32,33,34). The summed E-state index contributed by atoms with van der Waals surface area (Å²) >= 11 is 3.49. The monoisotopic (exact) mass is 612 g/mol. The van der Waals surface area contributed by atoms with Crippen LogP contribution in [-0.2, 0) is 9.57 Å². The van der Waals surface area contributed by atoms with Crippen molar-refractivity contribution in [3.8, 4) is 0 Å². The van der Waals surface area contributed by atoms with Crippen LogP contribution in [0.3, 0.4) is 0 Å². The summed E-state index contributed by atoms with van der Waals surface area (Å²) in [6, 6.07) is 4.15. The molecule has 2 aliphatic rings. The number of aromatic nitrogens is 4. The van der Waals surface area contributed by atoms with Crippen molar-refractivity contribution >= 4 is 44.9 Å². The Morgan fingerprint density at radius 1 is 1.05 bits per heavy atom. The summed E-state index contributed by atoms with van der Waals surface area (Å²) in [7, 11) is 0. The molecule has 10 nitrogen and oxygen atoms in total. The van der Waals surface area contributed by atoms with Crippen LogP contribution in [0.2, 0.25) is 0 Å². The summed E-state index contributed by atoms with van der Waals surface area (Å²) in [5, 5.41) is 5.78. The molecule has 1 aliphatic heterocycles. The summed E-state index contributed by atoms with van der Waals surface area (Å²) in [6.07, 6.45) is 9.91. The molecule has 3 aromatic heterocycles. The highest BCUT2D eigenvalue weighted by atomic mass is 79.9. The third-order valence-electron chi connectivity index (χ3n) is 7.60. The van der Waals surface area contributed by atoms with E-state index in [4.69, 9.17) is 14.6 Å². The maximum Gasteiger partial charge on any atom is 0.528 e. The molecule has 4 heterocycles. The highest BCUT2D eigenvalue weighted by molar-refractivity contribution is 9.10. The van der Waals surface area contributed by atoms with Crippen LogP contribution in [0.5, 0.6) is 0 Å². The largest absolute Gasteiger partial charge is 0.528 e. The van der Waals surface area contributed by atoms with Crippen LogP contribution >= 0.6 is 15.9 Å². The number of hydrogen-bond donors (Lipinski definition) is 1. The molecule has 1 unspecified atom stereocenters. The predicted octanol–water partition coefficient (Wildman–Crippen LogP) is 6.55. The van der Waals surface area contributed by atoms with Crippen molar-refractivity contribution in [1.29, 1.82) is 0 Å². The highest BCUT2D eigenvalue weighted by Gasteiger charge is 2.25. The number of hydrogen-bond acceptors (Lipinski definition) is 9. The normalized spacial score (nSPS) is 19.0. The van der Waals surface area contributed by atoms with Crippen LogP contribution in [0.25, 0.3) is 11.0 Å². The molecule has 1 atom stereocenters. The lowest BCUT2D eigenvalue weighted by Gasteiger charge is -2.23. The van der Waals surface area contributed by atoms with E-state index >= 15 is 0 Å². The average molecular weight is 614 g/mol. The van der Waals surface area contributed by atoms with E-state index in [9.17, 15) is 9.59 Å². The van der Waals surface area contributed by atoms with Crippen molar-refractivity contribution in [3.63, 3.8) is 0 Å². The number of anilines is 2. The topological polar surface area (TPSA) is 111 Å². The summed E-state index contributed by atoms with van der Waals surface area (Å²) in [5.41, 5.74) is 2.02. The first-order valence-electron chi connectivity index (χ1n) is 14.1. The maximum atomic E-state index is 13.2. The Morgan fingerprint density at radius 3 is 2.52 bits per heavy atom. The van der Waals surface area contributed by atoms with E-state index in [1.54, 1.807) is 11.3 Å². The number of carbonyl (C=O) groups is 1. The molecule has 2 fully saturated rings. The number of nitrogens with one attached hydrogen (secondary N) is 1. The van der Waals surface area contributed by atoms with Gasteiger partial charge in [0.15, 0.2) is 0 Å². The molecule has 1 N–H and O–H groups in total. The van der Waals surface area contributed by atoms with Gasteiger partial charge in [-0.3, -0.25) is 9.36 Å². The Bertz CT molecular complexity index is 1430. The number of ether oxygens (including phenoxy) is 1. The average Bonchev–Trinajstić information content (AvgIpc) is 3.33. The molecule has 1 saturated heterocycles. The van der Waals surface area contributed by atoms with Gasteiger partial charge in [-0.1, -0.05) is 18.9 Å². The molecule has 0 amide bonds. The first kappa shape index (κ1) is 28.5. The molecule has 3 aromatic rings. The molecule has 0 bridgehead atoms. The van der Waals surface area contributed by atoms with E-state index in [-0.39, 0.29) is 11.6 Å². The lowest BCUT2D eigenvalue weighted by Crippen LogP contribution is -2.32. The zero-order valence-corrected chi connectivity index (χ0v) is 25.2. The van der Waals surface area contributed by atoms with Crippen LogP contribution < -0.4 is 10.9 Å². The third kappa shape index (κ3) is 6.46. The Morgan fingerprint density at radius 2 is 1.82 bits per heavy atom. The number of hydroxylamine groups is 2. The maximum absolute atomic E-state index is 13.2. The smallest absolute Gasteiger partial charge is 0.427 e. The van der Waals surface area contributed by atoms with Crippen molar-refractivity contribution in [3.05, 3.63) is 50.5 Å². The lowest BCUT2D eigenvalue weighted by molar-refractivity contribution is -0.141. The molecule has 1 aliphatic carbocycles. The highest BCUT2D eigenvalue weighted by Crippen LogP contribution is 2.33. The van der Waals surface area contributed by atoms with Gasteiger partial charge in [0.25, 0.3) is 5.56 Å². The summed E-state index contributed by atoms with van der Waals surface area (Å²) in [5.74, 6) is 1.35. The second kappa shape index (κ2) is 11.8. The van der Waals surface area contributed by atoms with Gasteiger partial charge in [-0.15, -0.1) is 5.06 Å². The Labute approximate surface area is 242 Å². The molecule has 5 rings (SSSR count). The first-order valence-corrected chi connectivity index (χ1v) is 14.8. The fraction of sp³-hybridized carbons (Fsp3) is 0.552. The van der Waals surface area contributed by atoms with Gasteiger partial charge in [-0.25, -0.2) is 14.8 Å². The van der Waals surface area contributed by atoms with Gasteiger partial charge < -0.3 is 14.9 Å². The third-order valence-corrected chi connectivity index (χ3v) is 8.54. The van der Waals surface area contributed by atoms with Crippen molar-refractivity contribution in [2.24, 2.45) is 0 Å². The molecule has 1 saturated carbocycles. The molecule has 0 aromatic carbocycles. The van der Waals surface area contributed by atoms with Crippen molar-refractivity contribution in [1.82, 2.24) is 24.6 Å². The lowest BCUT2D eigenvalue weighted by atomic mass is 9.93. The van der Waals surface area contributed by atoms with Gasteiger partial charge >= 0.3 is 6.16 Å². The van der Waals surface area contributed by atoms with E-state index in [0.29, 0.717) is 40.9 Å². The SMILES string of the molecule is Cc1c(Br)c(=O)n(C2CCCC2)c2nc(Nc3ccc(C4CCCN(OC(=O)OC(C)(C)C)CC4)cn3)ncc12. The minimum atomic E-state index is -0.665. The summed E-state index contributed by atoms with van der Waals surface area (Å²) in [6.45, 7) is 8.68. The zero-order chi connectivity index (χ0) is 28.4. The van der Waals surface area contributed by atoms with Crippen LogP contribution in [-0.4, -0.2) is 49.4 Å². The predicted molar refractivity (Wildman–Crippen MR) is 157 cm³/mol. The fourth-order valence-corrected chi connectivity index (χ4v) is 5.97. The molecule has 0 radical (unpaired) electrons. The van der Waals surface area contributed by atoms with Gasteiger partial charge in [0, 0.05) is 36.9 Å². The van der Waals surface area contributed by atoms with Crippen LogP contribution in [0.4, 0.5) is 16.6 Å². The van der Waals surface area contributed by atoms with E-state index in [1.165, 1.54) is 0 Å². The van der Waals surface area contributed by atoms with Gasteiger partial charge in [-0.2, -0.15) is 4.98 Å². The van der Waals surface area contributed by atoms with Gasteiger partial charge in [0.2, 0.25) is 5.95 Å². The number of carbonyl (C=O) groups excluding carboxylic acids is 1. The quantitative estimate of drug-likeness (QED) is 0.320. The minimum absolute atomic E-state index is 0.0394. The molecule has 214 valence electrons. The summed E-state index contributed by atoms with van der Waals surface area (Å²) < 4.78 is 7.69. The molecular weight excluding hydrogens is 576 g/mol. The second-order valence-corrected chi connectivity index (χ2v) is 12.5. The van der Waals surface area contributed by atoms with Crippen LogP contribution in [0.15, 0.2) is 33.8 Å². The van der Waals surface area contributed by atoms with Crippen LogP contribution in [0, 0.1) is 6.92 Å². The van der Waals surface area contributed by atoms with Gasteiger partial charge in [-0.05, 0) is 98.8 Å². The van der Waals surface area contributed by atoms with E-state index in [0.717, 1.165) is 61.5 Å². The number of aryl methyl sites for hydroxylation is 1. The number of fused-ring (bicyclic) bond motifs is 1. The Balaban J connectivity index is 1.28. The number of rotatable bonds is 5. The fourth-order valence-electron chi connectivity index (χ4n) is 5.57. The molecule has 0 spiro atoms. The summed E-state index contributed by atoms with van der Waals surface area (Å²) in [4.78, 5) is 44.6. The van der Waals surface area contributed by atoms with Crippen molar-refractivity contribution in [2.75, 3.05) is 18.4 Å². The van der Waals surface area contributed by atoms with Gasteiger partial charge in [0.1, 0.15) is 17.1 Å². The Hall–Kier alpha value is -3.05. The number of pyridine rings is 2. The molecule has 11 heteroatoms. The minimum Gasteiger partial charge on any atom is -0.427 e. The number of nitrogens with zero attached hydrogens (tertiary/aromatic N) is 5. The van der Waals surface area contributed by atoms with E-state index in [1.807, 2.05) is 44.5 Å². The van der Waals surface area contributed by atoms with E-state index in [2.05, 4.69) is 37.3 Å². The van der Waals surface area contributed by atoms with E-state index < -0.39 is 11.8 Å². The van der Waals surface area contributed by atoms with Gasteiger partial charge in [0.05, 0.1) is 4.47 Å².